The van der Waals surface area contributed by atoms with Crippen LogP contribution < -0.4 is 10.6 Å². The molecule has 0 bridgehead atoms. The molecule has 5 nitrogen and oxygen atoms in total. The van der Waals surface area contributed by atoms with Crippen LogP contribution in [0.25, 0.3) is 0 Å². The van der Waals surface area contributed by atoms with Gasteiger partial charge in [0.05, 0.1) is 0 Å². The Bertz CT molecular complexity index is 670. The number of aromatic nitrogens is 2. The normalized spacial score (nSPS) is 12.2. The Labute approximate surface area is 171 Å². The highest BCUT2D eigenvalue weighted by Gasteiger charge is 2.08. The molecule has 0 aliphatic heterocycles. The Morgan fingerprint density at radius 2 is 1.81 bits per heavy atom. The van der Waals surface area contributed by atoms with Gasteiger partial charge in [0.1, 0.15) is 5.82 Å². The molecule has 1 aromatic heterocycles. The van der Waals surface area contributed by atoms with Crippen molar-refractivity contribution in [2.45, 2.75) is 46.6 Å². The van der Waals surface area contributed by atoms with Crippen molar-refractivity contribution in [2.75, 3.05) is 30.3 Å². The second-order valence-electron chi connectivity index (χ2n) is 6.56. The first-order valence-corrected chi connectivity index (χ1v) is 10.4. The van der Waals surface area contributed by atoms with Crippen LogP contribution in [0.1, 0.15) is 39.3 Å². The van der Waals surface area contributed by atoms with Gasteiger partial charge in [0.2, 0.25) is 5.95 Å². The van der Waals surface area contributed by atoms with E-state index in [9.17, 15) is 0 Å². The van der Waals surface area contributed by atoms with E-state index in [4.69, 9.17) is 0 Å². The molecule has 142 valence electrons. The van der Waals surface area contributed by atoms with Gasteiger partial charge in [0, 0.05) is 27.1 Å². The minimum atomic E-state index is 0.381. The van der Waals surface area contributed by atoms with Crippen molar-refractivity contribution in [3.8, 4) is 0 Å². The molecule has 26 heavy (non-hydrogen) atoms. The molecular weight excluding hydrogens is 437 g/mol. The van der Waals surface area contributed by atoms with E-state index in [0.717, 1.165) is 43.3 Å². The number of nitrogens with one attached hydrogen (secondary N) is 2. The molecule has 2 N–H and O–H groups in total. The maximum Gasteiger partial charge on any atom is 0.229 e. The standard InChI is InChI=1S/C20H30IN5/c1-5-26(6-2)13-7-8-15(3)22-19-14-16(4)23-20(25-19)24-18-11-9-17(21)10-12-18/h9-12,14-15H,5-8,13H2,1-4H3,(H2,22,23,24,25). The van der Waals surface area contributed by atoms with Gasteiger partial charge in [-0.05, 0) is 93.2 Å². The molecule has 1 heterocycles. The quantitative estimate of drug-likeness (QED) is 0.479. The van der Waals surface area contributed by atoms with E-state index in [1.165, 1.54) is 9.99 Å². The van der Waals surface area contributed by atoms with Crippen LogP contribution in [0.2, 0.25) is 0 Å². The largest absolute Gasteiger partial charge is 0.367 e. The van der Waals surface area contributed by atoms with Gasteiger partial charge in [0.25, 0.3) is 0 Å². The lowest BCUT2D eigenvalue weighted by Crippen LogP contribution is -2.25. The molecule has 1 atom stereocenters. The van der Waals surface area contributed by atoms with E-state index in [1.54, 1.807) is 0 Å². The number of rotatable bonds is 10. The SMILES string of the molecule is CCN(CC)CCCC(C)Nc1cc(C)nc(Nc2ccc(I)cc2)n1. The maximum atomic E-state index is 4.62. The minimum absolute atomic E-state index is 0.381. The summed E-state index contributed by atoms with van der Waals surface area (Å²) < 4.78 is 1.21. The molecule has 0 spiro atoms. The van der Waals surface area contributed by atoms with Gasteiger partial charge >= 0.3 is 0 Å². The van der Waals surface area contributed by atoms with Crippen molar-refractivity contribution < 1.29 is 0 Å². The van der Waals surface area contributed by atoms with Crippen LogP contribution in [0.3, 0.4) is 0 Å². The van der Waals surface area contributed by atoms with Crippen molar-refractivity contribution in [1.82, 2.24) is 14.9 Å². The third kappa shape index (κ3) is 7.07. The third-order valence-electron chi connectivity index (χ3n) is 4.35. The summed E-state index contributed by atoms with van der Waals surface area (Å²) in [6.07, 6.45) is 2.31. The summed E-state index contributed by atoms with van der Waals surface area (Å²) in [5, 5.41) is 6.80. The van der Waals surface area contributed by atoms with E-state index in [0.29, 0.717) is 12.0 Å². The van der Waals surface area contributed by atoms with Crippen LogP contribution in [-0.2, 0) is 0 Å². The summed E-state index contributed by atoms with van der Waals surface area (Å²) in [5.74, 6) is 1.50. The number of benzene rings is 1. The van der Waals surface area contributed by atoms with Gasteiger partial charge in [-0.25, -0.2) is 4.98 Å². The van der Waals surface area contributed by atoms with E-state index in [1.807, 2.05) is 25.1 Å². The van der Waals surface area contributed by atoms with Gasteiger partial charge in [0.15, 0.2) is 0 Å². The van der Waals surface area contributed by atoms with E-state index < -0.39 is 0 Å². The molecule has 2 aromatic rings. The van der Waals surface area contributed by atoms with E-state index >= 15 is 0 Å². The number of nitrogens with zero attached hydrogens (tertiary/aromatic N) is 3. The molecule has 2 rings (SSSR count). The average molecular weight is 467 g/mol. The Kier molecular flexibility index (Phi) is 8.58. The summed E-state index contributed by atoms with van der Waals surface area (Å²) in [4.78, 5) is 11.6. The van der Waals surface area contributed by atoms with Crippen molar-refractivity contribution >= 4 is 40.0 Å². The molecule has 1 aromatic carbocycles. The molecule has 1 unspecified atom stereocenters. The van der Waals surface area contributed by atoms with Gasteiger partial charge in [-0.1, -0.05) is 13.8 Å². The summed E-state index contributed by atoms with van der Waals surface area (Å²) in [6.45, 7) is 12.0. The molecular formula is C20H30IN5. The molecule has 0 saturated carbocycles. The highest BCUT2D eigenvalue weighted by molar-refractivity contribution is 14.1. The predicted molar refractivity (Wildman–Crippen MR) is 119 cm³/mol. The lowest BCUT2D eigenvalue weighted by Gasteiger charge is -2.20. The summed E-state index contributed by atoms with van der Waals surface area (Å²) in [6, 6.07) is 10.6. The number of anilines is 3. The maximum absolute atomic E-state index is 4.62. The highest BCUT2D eigenvalue weighted by Crippen LogP contribution is 2.18. The molecule has 0 aliphatic carbocycles. The van der Waals surface area contributed by atoms with Crippen molar-refractivity contribution in [1.29, 1.82) is 0 Å². The van der Waals surface area contributed by atoms with Crippen LogP contribution in [0, 0.1) is 10.5 Å². The number of hydrogen-bond acceptors (Lipinski definition) is 5. The topological polar surface area (TPSA) is 53.1 Å². The fourth-order valence-electron chi connectivity index (χ4n) is 2.85. The van der Waals surface area contributed by atoms with Gasteiger partial charge in [-0.15, -0.1) is 0 Å². The first kappa shape index (κ1) is 20.9. The fraction of sp³-hybridized carbons (Fsp3) is 0.500. The lowest BCUT2D eigenvalue weighted by atomic mass is 10.1. The van der Waals surface area contributed by atoms with E-state index in [-0.39, 0.29) is 0 Å². The number of hydrogen-bond donors (Lipinski definition) is 2. The Balaban J connectivity index is 1.92. The van der Waals surface area contributed by atoms with Crippen LogP contribution in [-0.4, -0.2) is 40.5 Å². The molecule has 0 aliphatic rings. The first-order valence-electron chi connectivity index (χ1n) is 9.37. The smallest absolute Gasteiger partial charge is 0.229 e. The highest BCUT2D eigenvalue weighted by atomic mass is 127. The molecule has 6 heteroatoms. The Morgan fingerprint density at radius 1 is 1.12 bits per heavy atom. The van der Waals surface area contributed by atoms with Crippen LogP contribution in [0.5, 0.6) is 0 Å². The fourth-order valence-corrected chi connectivity index (χ4v) is 3.21. The summed E-state index contributed by atoms with van der Waals surface area (Å²) >= 11 is 2.30. The first-order chi connectivity index (χ1) is 12.5. The minimum Gasteiger partial charge on any atom is -0.367 e. The second kappa shape index (κ2) is 10.7. The van der Waals surface area contributed by atoms with Crippen molar-refractivity contribution in [3.05, 3.63) is 39.6 Å². The number of halogens is 1. The van der Waals surface area contributed by atoms with Gasteiger partial charge < -0.3 is 15.5 Å². The molecule has 0 radical (unpaired) electrons. The summed E-state index contributed by atoms with van der Waals surface area (Å²) in [7, 11) is 0. The third-order valence-corrected chi connectivity index (χ3v) is 5.07. The number of aryl methyl sites for hydroxylation is 1. The molecule has 0 amide bonds. The average Bonchev–Trinajstić information content (AvgIpc) is 2.60. The van der Waals surface area contributed by atoms with Crippen LogP contribution in [0.4, 0.5) is 17.5 Å². The van der Waals surface area contributed by atoms with Crippen molar-refractivity contribution in [2.24, 2.45) is 0 Å². The predicted octanol–water partition coefficient (Wildman–Crippen LogP) is 5.06. The van der Waals surface area contributed by atoms with Crippen LogP contribution >= 0.6 is 22.6 Å². The van der Waals surface area contributed by atoms with Crippen LogP contribution in [0.15, 0.2) is 30.3 Å². The zero-order valence-corrected chi connectivity index (χ0v) is 18.4. The Morgan fingerprint density at radius 3 is 2.46 bits per heavy atom. The van der Waals surface area contributed by atoms with Crippen molar-refractivity contribution in [3.63, 3.8) is 0 Å². The lowest BCUT2D eigenvalue weighted by molar-refractivity contribution is 0.295. The zero-order valence-electron chi connectivity index (χ0n) is 16.2. The zero-order chi connectivity index (χ0) is 18.9. The summed E-state index contributed by atoms with van der Waals surface area (Å²) in [5.41, 5.74) is 1.94. The van der Waals surface area contributed by atoms with E-state index in [2.05, 4.69) is 81.0 Å². The molecule has 0 saturated heterocycles. The van der Waals surface area contributed by atoms with Gasteiger partial charge in [-0.3, -0.25) is 0 Å². The Hall–Kier alpha value is -1.41. The monoisotopic (exact) mass is 467 g/mol. The second-order valence-corrected chi connectivity index (χ2v) is 7.81. The van der Waals surface area contributed by atoms with Gasteiger partial charge in [-0.2, -0.15) is 4.98 Å². The molecule has 0 fully saturated rings.